The van der Waals surface area contributed by atoms with Crippen LogP contribution >= 0.6 is 0 Å². The minimum absolute atomic E-state index is 0.0497. The van der Waals surface area contributed by atoms with Crippen LogP contribution in [-0.4, -0.2) is 15.9 Å². The monoisotopic (exact) mass is 267 g/mol. The summed E-state index contributed by atoms with van der Waals surface area (Å²) in [6, 6.07) is 7.70. The van der Waals surface area contributed by atoms with Crippen LogP contribution in [0.2, 0.25) is 0 Å². The molecule has 0 saturated carbocycles. The number of fused-ring (bicyclic) bond motifs is 1. The van der Waals surface area contributed by atoms with Crippen molar-refractivity contribution in [2.24, 2.45) is 0 Å². The van der Waals surface area contributed by atoms with Gasteiger partial charge < -0.3 is 15.3 Å². The molecule has 0 unspecified atom stereocenters. The van der Waals surface area contributed by atoms with E-state index in [2.05, 4.69) is 22.2 Å². The molecule has 0 fully saturated rings. The number of H-pyrrole nitrogens is 2. The van der Waals surface area contributed by atoms with Crippen LogP contribution in [0.4, 0.5) is 0 Å². The zero-order valence-corrected chi connectivity index (χ0v) is 11.6. The highest BCUT2D eigenvalue weighted by Crippen LogP contribution is 2.22. The Morgan fingerprint density at radius 1 is 1.25 bits per heavy atom. The van der Waals surface area contributed by atoms with Crippen molar-refractivity contribution in [3.05, 3.63) is 59.0 Å². The Morgan fingerprint density at radius 3 is 2.85 bits per heavy atom. The van der Waals surface area contributed by atoms with E-state index in [0.717, 1.165) is 22.2 Å². The highest BCUT2D eigenvalue weighted by Gasteiger charge is 2.09. The summed E-state index contributed by atoms with van der Waals surface area (Å²) in [7, 11) is 0. The Labute approximate surface area is 117 Å². The summed E-state index contributed by atoms with van der Waals surface area (Å²) in [6.07, 6.45) is 3.72. The molecule has 2 heterocycles. The van der Waals surface area contributed by atoms with Crippen molar-refractivity contribution in [2.45, 2.75) is 20.4 Å². The third kappa shape index (κ3) is 2.20. The minimum atomic E-state index is -0.0497. The van der Waals surface area contributed by atoms with Crippen LogP contribution in [-0.2, 0) is 6.54 Å². The summed E-state index contributed by atoms with van der Waals surface area (Å²) in [4.78, 5) is 18.5. The van der Waals surface area contributed by atoms with Crippen LogP contribution in [0, 0.1) is 13.8 Å². The molecule has 4 heteroatoms. The largest absolute Gasteiger partial charge is 0.367 e. The van der Waals surface area contributed by atoms with Crippen LogP contribution in [0.15, 0.2) is 36.7 Å². The van der Waals surface area contributed by atoms with Crippen molar-refractivity contribution in [1.29, 1.82) is 0 Å². The Morgan fingerprint density at radius 2 is 2.10 bits per heavy atom. The first-order valence-electron chi connectivity index (χ1n) is 6.64. The van der Waals surface area contributed by atoms with Crippen LogP contribution in [0.3, 0.4) is 0 Å². The van der Waals surface area contributed by atoms with E-state index in [1.165, 1.54) is 5.56 Å². The van der Waals surface area contributed by atoms with Crippen LogP contribution in [0.5, 0.6) is 0 Å². The van der Waals surface area contributed by atoms with Crippen LogP contribution in [0.25, 0.3) is 10.9 Å². The summed E-state index contributed by atoms with van der Waals surface area (Å²) >= 11 is 0. The summed E-state index contributed by atoms with van der Waals surface area (Å²) in [6.45, 7) is 4.64. The van der Waals surface area contributed by atoms with Crippen molar-refractivity contribution in [1.82, 2.24) is 15.3 Å². The SMILES string of the molecule is Cc1[nH]c2ccc(C(=O)NCc3cc[nH]c3)cc2c1C. The zero-order valence-electron chi connectivity index (χ0n) is 11.6. The van der Waals surface area contributed by atoms with Gasteiger partial charge in [-0.3, -0.25) is 4.79 Å². The maximum absolute atomic E-state index is 12.2. The van der Waals surface area contributed by atoms with E-state index in [4.69, 9.17) is 0 Å². The first-order valence-corrected chi connectivity index (χ1v) is 6.64. The lowest BCUT2D eigenvalue weighted by Gasteiger charge is -2.04. The molecule has 0 bridgehead atoms. The highest BCUT2D eigenvalue weighted by atomic mass is 16.1. The van der Waals surface area contributed by atoms with E-state index in [9.17, 15) is 4.79 Å². The Hall–Kier alpha value is -2.49. The van der Waals surface area contributed by atoms with Crippen LogP contribution in [0.1, 0.15) is 27.2 Å². The van der Waals surface area contributed by atoms with E-state index in [1.54, 1.807) is 0 Å². The molecular weight excluding hydrogens is 250 g/mol. The third-order valence-electron chi connectivity index (χ3n) is 3.69. The van der Waals surface area contributed by atoms with Gasteiger partial charge in [-0.2, -0.15) is 0 Å². The van der Waals surface area contributed by atoms with Crippen molar-refractivity contribution >= 4 is 16.8 Å². The van der Waals surface area contributed by atoms with Crippen molar-refractivity contribution in [2.75, 3.05) is 0 Å². The molecule has 2 aromatic heterocycles. The first kappa shape index (κ1) is 12.5. The van der Waals surface area contributed by atoms with Gasteiger partial charge in [0.25, 0.3) is 5.91 Å². The minimum Gasteiger partial charge on any atom is -0.367 e. The van der Waals surface area contributed by atoms with Gasteiger partial charge in [0.2, 0.25) is 0 Å². The molecule has 3 rings (SSSR count). The Kier molecular flexibility index (Phi) is 3.06. The van der Waals surface area contributed by atoms with Crippen molar-refractivity contribution in [3.63, 3.8) is 0 Å². The van der Waals surface area contributed by atoms with Crippen LogP contribution < -0.4 is 5.32 Å². The molecule has 1 aromatic carbocycles. The second-order valence-corrected chi connectivity index (χ2v) is 5.04. The number of nitrogens with one attached hydrogen (secondary N) is 3. The molecule has 3 aromatic rings. The number of hydrogen-bond acceptors (Lipinski definition) is 1. The summed E-state index contributed by atoms with van der Waals surface area (Å²) < 4.78 is 0. The molecule has 0 aliphatic rings. The number of aryl methyl sites for hydroxylation is 2. The van der Waals surface area contributed by atoms with E-state index in [-0.39, 0.29) is 5.91 Å². The summed E-state index contributed by atoms with van der Waals surface area (Å²) in [5.74, 6) is -0.0497. The number of amides is 1. The van der Waals surface area contributed by atoms with Gasteiger partial charge in [0.1, 0.15) is 0 Å². The predicted octanol–water partition coefficient (Wildman–Crippen LogP) is 3.04. The zero-order chi connectivity index (χ0) is 14.1. The molecule has 1 amide bonds. The Balaban J connectivity index is 1.82. The number of carbonyl (C=O) groups excluding carboxylic acids is 1. The molecule has 102 valence electrons. The van der Waals surface area contributed by atoms with E-state index < -0.39 is 0 Å². The molecule has 0 saturated heterocycles. The average molecular weight is 267 g/mol. The lowest BCUT2D eigenvalue weighted by atomic mass is 10.1. The average Bonchev–Trinajstić information content (AvgIpc) is 3.06. The number of rotatable bonds is 3. The second kappa shape index (κ2) is 4.89. The number of benzene rings is 1. The maximum atomic E-state index is 12.2. The maximum Gasteiger partial charge on any atom is 0.251 e. The summed E-state index contributed by atoms with van der Waals surface area (Å²) in [5, 5.41) is 4.03. The Bertz CT molecular complexity index is 753. The number of hydrogen-bond donors (Lipinski definition) is 3. The number of aromatic amines is 2. The fourth-order valence-electron chi connectivity index (χ4n) is 2.36. The molecular formula is C16H17N3O. The standard InChI is InChI=1S/C16H17N3O/c1-10-11(2)19-15-4-3-13(7-14(10)15)16(20)18-9-12-5-6-17-8-12/h3-8,17,19H,9H2,1-2H3,(H,18,20). The quantitative estimate of drug-likeness (QED) is 0.671. The van der Waals surface area contributed by atoms with Crippen molar-refractivity contribution < 1.29 is 4.79 Å². The molecule has 20 heavy (non-hydrogen) atoms. The smallest absolute Gasteiger partial charge is 0.251 e. The molecule has 3 N–H and O–H groups in total. The van der Waals surface area contributed by atoms with Gasteiger partial charge in [0, 0.05) is 41.1 Å². The highest BCUT2D eigenvalue weighted by molar-refractivity contribution is 5.99. The molecule has 0 aliphatic carbocycles. The predicted molar refractivity (Wildman–Crippen MR) is 79.7 cm³/mol. The van der Waals surface area contributed by atoms with Gasteiger partial charge in [0.15, 0.2) is 0 Å². The molecule has 0 radical (unpaired) electrons. The van der Waals surface area contributed by atoms with Crippen molar-refractivity contribution in [3.8, 4) is 0 Å². The third-order valence-corrected chi connectivity index (χ3v) is 3.69. The normalized spacial score (nSPS) is 10.9. The number of carbonyl (C=O) groups is 1. The summed E-state index contributed by atoms with van der Waals surface area (Å²) in [5.41, 5.74) is 5.16. The van der Waals surface area contributed by atoms with Gasteiger partial charge in [-0.05, 0) is 49.2 Å². The lowest BCUT2D eigenvalue weighted by molar-refractivity contribution is 0.0951. The van der Waals surface area contributed by atoms with Gasteiger partial charge in [0.05, 0.1) is 0 Å². The molecule has 4 nitrogen and oxygen atoms in total. The fourth-order valence-corrected chi connectivity index (χ4v) is 2.36. The van der Waals surface area contributed by atoms with Gasteiger partial charge in [-0.15, -0.1) is 0 Å². The first-order chi connectivity index (χ1) is 9.65. The topological polar surface area (TPSA) is 60.7 Å². The van der Waals surface area contributed by atoms with E-state index >= 15 is 0 Å². The fraction of sp³-hybridized carbons (Fsp3) is 0.188. The molecule has 0 aliphatic heterocycles. The van der Waals surface area contributed by atoms with E-state index in [0.29, 0.717) is 12.1 Å². The number of aromatic nitrogens is 2. The lowest BCUT2D eigenvalue weighted by Crippen LogP contribution is -2.22. The van der Waals surface area contributed by atoms with Gasteiger partial charge in [-0.25, -0.2) is 0 Å². The van der Waals surface area contributed by atoms with E-state index in [1.807, 2.05) is 43.6 Å². The van der Waals surface area contributed by atoms with Gasteiger partial charge in [-0.1, -0.05) is 0 Å². The van der Waals surface area contributed by atoms with Gasteiger partial charge >= 0.3 is 0 Å². The molecule has 0 atom stereocenters. The molecule has 0 spiro atoms. The second-order valence-electron chi connectivity index (χ2n) is 5.04.